The van der Waals surface area contributed by atoms with Crippen LogP contribution < -0.4 is 5.73 Å². The van der Waals surface area contributed by atoms with Crippen molar-refractivity contribution in [1.29, 1.82) is 0 Å². The maximum absolute atomic E-state index is 11.0. The Bertz CT molecular complexity index is 358. The minimum Gasteiger partial charge on any atom is -0.409 e. The van der Waals surface area contributed by atoms with Gasteiger partial charge < -0.3 is 10.9 Å². The summed E-state index contributed by atoms with van der Waals surface area (Å²) in [6.45, 7) is 1.46. The number of carbonyl (C=O) groups is 1. The third kappa shape index (κ3) is 2.05. The van der Waals surface area contributed by atoms with E-state index in [1.165, 1.54) is 6.92 Å². The molecule has 0 bridgehead atoms. The van der Waals surface area contributed by atoms with Gasteiger partial charge in [0.25, 0.3) is 0 Å². The minimum absolute atomic E-state index is 0.00287. The summed E-state index contributed by atoms with van der Waals surface area (Å²) in [5.74, 6) is -0.0457. The summed E-state index contributed by atoms with van der Waals surface area (Å²) in [5.41, 5.74) is 6.43. The van der Waals surface area contributed by atoms with Gasteiger partial charge in [-0.05, 0) is 13.0 Å². The third-order valence-corrected chi connectivity index (χ3v) is 1.67. The number of carbonyl (C=O) groups excluding carboxylic acids is 1. The van der Waals surface area contributed by atoms with Gasteiger partial charge in [0, 0.05) is 11.1 Å². The molecule has 1 rings (SSSR count). The first-order chi connectivity index (χ1) is 6.15. The molecule has 0 aliphatic carbocycles. The highest BCUT2D eigenvalue weighted by Gasteiger charge is 2.02. The molecular formula is C9H10N2O2. The Labute approximate surface area is 75.7 Å². The lowest BCUT2D eigenvalue weighted by Gasteiger charge is -1.99. The zero-order valence-electron chi connectivity index (χ0n) is 7.19. The summed E-state index contributed by atoms with van der Waals surface area (Å²) in [6.07, 6.45) is 0. The maximum Gasteiger partial charge on any atom is 0.170 e. The lowest BCUT2D eigenvalue weighted by Crippen LogP contribution is -2.13. The van der Waals surface area contributed by atoms with Crippen molar-refractivity contribution in [2.45, 2.75) is 6.92 Å². The second kappa shape index (κ2) is 3.71. The quantitative estimate of drug-likeness (QED) is 0.233. The fourth-order valence-electron chi connectivity index (χ4n) is 0.955. The van der Waals surface area contributed by atoms with Crippen LogP contribution in [0.15, 0.2) is 29.4 Å². The van der Waals surface area contributed by atoms with Gasteiger partial charge in [-0.25, -0.2) is 0 Å². The molecule has 0 heterocycles. The van der Waals surface area contributed by atoms with Crippen LogP contribution in [0.4, 0.5) is 0 Å². The van der Waals surface area contributed by atoms with E-state index in [9.17, 15) is 4.79 Å². The van der Waals surface area contributed by atoms with Crippen molar-refractivity contribution < 1.29 is 10.0 Å². The third-order valence-electron chi connectivity index (χ3n) is 1.67. The molecular weight excluding hydrogens is 168 g/mol. The van der Waals surface area contributed by atoms with Gasteiger partial charge in [0.1, 0.15) is 0 Å². The van der Waals surface area contributed by atoms with Gasteiger partial charge in [-0.2, -0.15) is 0 Å². The summed E-state index contributed by atoms with van der Waals surface area (Å²) >= 11 is 0. The number of amidine groups is 1. The number of rotatable bonds is 2. The molecule has 0 atom stereocenters. The molecule has 4 heteroatoms. The molecule has 0 fully saturated rings. The first kappa shape index (κ1) is 9.25. The Balaban J connectivity index is 3.13. The Hall–Kier alpha value is -1.84. The Kier molecular flexibility index (Phi) is 2.64. The Morgan fingerprint density at radius 1 is 1.46 bits per heavy atom. The van der Waals surface area contributed by atoms with Crippen molar-refractivity contribution in [3.63, 3.8) is 0 Å². The first-order valence-electron chi connectivity index (χ1n) is 3.74. The van der Waals surface area contributed by atoms with E-state index in [0.717, 1.165) is 0 Å². The lowest BCUT2D eigenvalue weighted by atomic mass is 10.1. The fraction of sp³-hybridized carbons (Fsp3) is 0.111. The van der Waals surface area contributed by atoms with Crippen molar-refractivity contribution >= 4 is 11.6 Å². The lowest BCUT2D eigenvalue weighted by molar-refractivity contribution is 0.101. The van der Waals surface area contributed by atoms with E-state index >= 15 is 0 Å². The standard InChI is InChI=1S/C9H10N2O2/c1-6(12)7-3-2-4-8(5-7)9(10)11-13/h2-5,13H,1H3,(H2,10,11). The SMILES string of the molecule is CC(=O)c1cccc(/C(N)=N/O)c1. The van der Waals surface area contributed by atoms with Crippen molar-refractivity contribution in [2.75, 3.05) is 0 Å². The Morgan fingerprint density at radius 2 is 2.08 bits per heavy atom. The van der Waals surface area contributed by atoms with E-state index in [1.807, 2.05) is 0 Å². The van der Waals surface area contributed by atoms with Crippen LogP contribution in [0, 0.1) is 0 Å². The van der Waals surface area contributed by atoms with E-state index in [0.29, 0.717) is 11.1 Å². The fourth-order valence-corrected chi connectivity index (χ4v) is 0.955. The van der Waals surface area contributed by atoms with Crippen LogP contribution >= 0.6 is 0 Å². The van der Waals surface area contributed by atoms with E-state index < -0.39 is 0 Å². The van der Waals surface area contributed by atoms with E-state index in [2.05, 4.69) is 5.16 Å². The summed E-state index contributed by atoms with van der Waals surface area (Å²) in [6, 6.07) is 6.61. The second-order valence-corrected chi connectivity index (χ2v) is 2.62. The molecule has 13 heavy (non-hydrogen) atoms. The number of hydrogen-bond acceptors (Lipinski definition) is 3. The number of Topliss-reactive ketones (excluding diaryl/α,β-unsaturated/α-hetero) is 1. The van der Waals surface area contributed by atoms with Crippen molar-refractivity contribution in [3.8, 4) is 0 Å². The van der Waals surface area contributed by atoms with Crippen LogP contribution in [-0.4, -0.2) is 16.8 Å². The zero-order chi connectivity index (χ0) is 9.84. The number of oxime groups is 1. The molecule has 68 valence electrons. The molecule has 1 aromatic carbocycles. The smallest absolute Gasteiger partial charge is 0.170 e. The maximum atomic E-state index is 11.0. The van der Waals surface area contributed by atoms with Crippen LogP contribution in [0.1, 0.15) is 22.8 Å². The van der Waals surface area contributed by atoms with Gasteiger partial charge in [-0.3, -0.25) is 4.79 Å². The molecule has 1 aromatic rings. The molecule has 0 aliphatic heterocycles. The average Bonchev–Trinajstić information content (AvgIpc) is 2.17. The number of nitrogens with zero attached hydrogens (tertiary/aromatic N) is 1. The molecule has 0 saturated carbocycles. The molecule has 0 saturated heterocycles. The molecule has 0 amide bonds. The van der Waals surface area contributed by atoms with Crippen LogP contribution in [-0.2, 0) is 0 Å². The number of benzene rings is 1. The predicted octanol–water partition coefficient (Wildman–Crippen LogP) is 0.984. The summed E-state index contributed by atoms with van der Waals surface area (Å²) < 4.78 is 0. The molecule has 0 radical (unpaired) electrons. The largest absolute Gasteiger partial charge is 0.409 e. The number of nitrogens with two attached hydrogens (primary N) is 1. The zero-order valence-corrected chi connectivity index (χ0v) is 7.19. The minimum atomic E-state index is -0.0485. The van der Waals surface area contributed by atoms with Gasteiger partial charge >= 0.3 is 0 Å². The highest BCUT2D eigenvalue weighted by Crippen LogP contribution is 2.05. The van der Waals surface area contributed by atoms with Crippen molar-refractivity contribution in [1.82, 2.24) is 0 Å². The highest BCUT2D eigenvalue weighted by atomic mass is 16.4. The number of hydrogen-bond donors (Lipinski definition) is 2. The molecule has 0 spiro atoms. The molecule has 0 unspecified atom stereocenters. The monoisotopic (exact) mass is 178 g/mol. The van der Waals surface area contributed by atoms with Crippen molar-refractivity contribution in [3.05, 3.63) is 35.4 Å². The topological polar surface area (TPSA) is 75.7 Å². The summed E-state index contributed by atoms with van der Waals surface area (Å²) in [4.78, 5) is 11.0. The second-order valence-electron chi connectivity index (χ2n) is 2.62. The molecule has 3 N–H and O–H groups in total. The van der Waals surface area contributed by atoms with Crippen molar-refractivity contribution in [2.24, 2.45) is 10.9 Å². The number of ketones is 1. The molecule has 0 aliphatic rings. The van der Waals surface area contributed by atoms with Gasteiger partial charge in [-0.15, -0.1) is 0 Å². The summed E-state index contributed by atoms with van der Waals surface area (Å²) in [7, 11) is 0. The molecule has 0 aromatic heterocycles. The van der Waals surface area contributed by atoms with E-state index in [-0.39, 0.29) is 11.6 Å². The first-order valence-corrected chi connectivity index (χ1v) is 3.74. The van der Waals surface area contributed by atoms with Gasteiger partial charge in [-0.1, -0.05) is 23.4 Å². The average molecular weight is 178 g/mol. The summed E-state index contributed by atoms with van der Waals surface area (Å²) in [5, 5.41) is 11.2. The van der Waals surface area contributed by atoms with Gasteiger partial charge in [0.15, 0.2) is 11.6 Å². The molecule has 4 nitrogen and oxygen atoms in total. The van der Waals surface area contributed by atoms with Gasteiger partial charge in [0.2, 0.25) is 0 Å². The van der Waals surface area contributed by atoms with Crippen LogP contribution in [0.5, 0.6) is 0 Å². The van der Waals surface area contributed by atoms with E-state index in [4.69, 9.17) is 10.9 Å². The highest BCUT2D eigenvalue weighted by molar-refractivity contribution is 6.01. The van der Waals surface area contributed by atoms with Crippen LogP contribution in [0.2, 0.25) is 0 Å². The van der Waals surface area contributed by atoms with Crippen LogP contribution in [0.25, 0.3) is 0 Å². The predicted molar refractivity (Wildman–Crippen MR) is 49.0 cm³/mol. The normalized spacial score (nSPS) is 11.3. The van der Waals surface area contributed by atoms with Crippen LogP contribution in [0.3, 0.4) is 0 Å². The Morgan fingerprint density at radius 3 is 2.62 bits per heavy atom. The van der Waals surface area contributed by atoms with E-state index in [1.54, 1.807) is 24.3 Å². The van der Waals surface area contributed by atoms with Gasteiger partial charge in [0.05, 0.1) is 0 Å².